The maximum Gasteiger partial charge on any atom is 0.257 e. The fraction of sp³-hybridized carbons (Fsp3) is 0.700. The third-order valence-corrected chi connectivity index (χ3v) is 2.11. The molecule has 0 saturated heterocycles. The molecule has 0 aromatic carbocycles. The first-order valence-electron chi connectivity index (χ1n) is 5.04. The molecule has 0 fully saturated rings. The van der Waals surface area contributed by atoms with Crippen LogP contribution in [0.5, 0.6) is 0 Å². The SMILES string of the molecule is CC[C@H](C)OCc1ccn(CC(F)F)n1. The van der Waals surface area contributed by atoms with Crippen LogP contribution >= 0.6 is 0 Å². The van der Waals surface area contributed by atoms with Gasteiger partial charge in [0.1, 0.15) is 6.54 Å². The molecule has 0 N–H and O–H groups in total. The number of ether oxygens (including phenoxy) is 1. The van der Waals surface area contributed by atoms with Gasteiger partial charge in [0.2, 0.25) is 0 Å². The lowest BCUT2D eigenvalue weighted by atomic mass is 10.3. The van der Waals surface area contributed by atoms with E-state index in [0.717, 1.165) is 6.42 Å². The summed E-state index contributed by atoms with van der Waals surface area (Å²) in [5.74, 6) is 0. The minimum absolute atomic E-state index is 0.172. The van der Waals surface area contributed by atoms with Crippen molar-refractivity contribution < 1.29 is 13.5 Å². The van der Waals surface area contributed by atoms with E-state index in [1.807, 2.05) is 13.8 Å². The average molecular weight is 218 g/mol. The highest BCUT2D eigenvalue weighted by Crippen LogP contribution is 2.04. The third kappa shape index (κ3) is 4.38. The van der Waals surface area contributed by atoms with E-state index in [-0.39, 0.29) is 12.6 Å². The molecule has 0 radical (unpaired) electrons. The van der Waals surface area contributed by atoms with Gasteiger partial charge in [-0.1, -0.05) is 6.92 Å². The first-order valence-corrected chi connectivity index (χ1v) is 5.04. The first kappa shape index (κ1) is 12.1. The number of alkyl halides is 2. The van der Waals surface area contributed by atoms with E-state index in [2.05, 4.69) is 5.10 Å². The van der Waals surface area contributed by atoms with Crippen molar-refractivity contribution in [2.45, 2.75) is 45.9 Å². The van der Waals surface area contributed by atoms with Crippen LogP contribution in [0.2, 0.25) is 0 Å². The van der Waals surface area contributed by atoms with Gasteiger partial charge in [0.05, 0.1) is 18.4 Å². The number of aromatic nitrogens is 2. The van der Waals surface area contributed by atoms with E-state index < -0.39 is 6.43 Å². The smallest absolute Gasteiger partial charge is 0.257 e. The van der Waals surface area contributed by atoms with Gasteiger partial charge >= 0.3 is 0 Å². The van der Waals surface area contributed by atoms with Gasteiger partial charge in [0.25, 0.3) is 6.43 Å². The average Bonchev–Trinajstić information content (AvgIpc) is 2.61. The molecule has 1 aromatic rings. The molecule has 0 unspecified atom stereocenters. The van der Waals surface area contributed by atoms with Crippen molar-refractivity contribution in [2.75, 3.05) is 0 Å². The van der Waals surface area contributed by atoms with Gasteiger partial charge in [-0.05, 0) is 19.4 Å². The largest absolute Gasteiger partial charge is 0.372 e. The summed E-state index contributed by atoms with van der Waals surface area (Å²) in [6.07, 6.45) is 0.276. The molecule has 0 amide bonds. The molecular formula is C10H16F2N2O. The van der Waals surface area contributed by atoms with Crippen LogP contribution in [0.1, 0.15) is 26.0 Å². The molecule has 1 rings (SSSR count). The standard InChI is InChI=1S/C10H16F2N2O/c1-3-8(2)15-7-9-4-5-14(13-9)6-10(11)12/h4-5,8,10H,3,6-7H2,1-2H3/t8-/m0/s1. The molecule has 0 saturated carbocycles. The summed E-state index contributed by atoms with van der Waals surface area (Å²) in [6.45, 7) is 4.02. The van der Waals surface area contributed by atoms with Gasteiger partial charge in [-0.15, -0.1) is 0 Å². The second kappa shape index (κ2) is 5.80. The quantitative estimate of drug-likeness (QED) is 0.733. The van der Waals surface area contributed by atoms with Gasteiger partial charge in [-0.2, -0.15) is 5.10 Å². The number of hydrogen-bond donors (Lipinski definition) is 0. The normalized spacial score (nSPS) is 13.4. The summed E-state index contributed by atoms with van der Waals surface area (Å²) in [4.78, 5) is 0. The van der Waals surface area contributed by atoms with Gasteiger partial charge in [0.15, 0.2) is 0 Å². The Morgan fingerprint density at radius 3 is 2.87 bits per heavy atom. The van der Waals surface area contributed by atoms with Crippen molar-refractivity contribution >= 4 is 0 Å². The molecule has 1 heterocycles. The Morgan fingerprint density at radius 2 is 2.27 bits per heavy atom. The van der Waals surface area contributed by atoms with E-state index in [1.165, 1.54) is 4.68 Å². The Kier molecular flexibility index (Phi) is 4.68. The van der Waals surface area contributed by atoms with Gasteiger partial charge < -0.3 is 4.74 Å². The van der Waals surface area contributed by atoms with Crippen molar-refractivity contribution in [3.05, 3.63) is 18.0 Å². The van der Waals surface area contributed by atoms with E-state index >= 15 is 0 Å². The molecule has 0 spiro atoms. The second-order valence-electron chi connectivity index (χ2n) is 3.45. The van der Waals surface area contributed by atoms with Crippen LogP contribution in [-0.2, 0) is 17.9 Å². The fourth-order valence-electron chi connectivity index (χ4n) is 1.07. The summed E-state index contributed by atoms with van der Waals surface area (Å²) < 4.78 is 30.7. The van der Waals surface area contributed by atoms with Crippen LogP contribution in [0.3, 0.4) is 0 Å². The van der Waals surface area contributed by atoms with E-state index in [9.17, 15) is 8.78 Å². The highest BCUT2D eigenvalue weighted by Gasteiger charge is 2.06. The number of hydrogen-bond acceptors (Lipinski definition) is 2. The van der Waals surface area contributed by atoms with Crippen LogP contribution in [0.25, 0.3) is 0 Å². The molecule has 3 nitrogen and oxygen atoms in total. The maximum absolute atomic E-state index is 12.0. The Hall–Kier alpha value is -0.970. The monoisotopic (exact) mass is 218 g/mol. The Balaban J connectivity index is 2.39. The van der Waals surface area contributed by atoms with Gasteiger partial charge in [0, 0.05) is 6.20 Å². The number of nitrogens with zero attached hydrogens (tertiary/aromatic N) is 2. The summed E-state index contributed by atoms with van der Waals surface area (Å²) >= 11 is 0. The molecule has 0 aliphatic carbocycles. The molecular weight excluding hydrogens is 202 g/mol. The highest BCUT2D eigenvalue weighted by atomic mass is 19.3. The number of halogens is 2. The van der Waals surface area contributed by atoms with Crippen molar-refractivity contribution in [1.82, 2.24) is 9.78 Å². The maximum atomic E-state index is 12.0. The zero-order valence-electron chi connectivity index (χ0n) is 8.99. The molecule has 1 atom stereocenters. The Bertz CT molecular complexity index is 289. The predicted molar refractivity (Wildman–Crippen MR) is 52.8 cm³/mol. The first-order chi connectivity index (χ1) is 7.11. The van der Waals surface area contributed by atoms with Gasteiger partial charge in [-0.25, -0.2) is 8.78 Å². The van der Waals surface area contributed by atoms with Crippen LogP contribution < -0.4 is 0 Å². The molecule has 5 heteroatoms. The van der Waals surface area contributed by atoms with Crippen molar-refractivity contribution in [1.29, 1.82) is 0 Å². The number of rotatable bonds is 6. The molecule has 86 valence electrons. The van der Waals surface area contributed by atoms with Crippen molar-refractivity contribution in [2.24, 2.45) is 0 Å². The van der Waals surface area contributed by atoms with Crippen LogP contribution in [0.4, 0.5) is 8.78 Å². The van der Waals surface area contributed by atoms with Crippen LogP contribution in [0, 0.1) is 0 Å². The predicted octanol–water partition coefficient (Wildman–Crippen LogP) is 2.46. The fourth-order valence-corrected chi connectivity index (χ4v) is 1.07. The van der Waals surface area contributed by atoms with E-state index in [0.29, 0.717) is 12.3 Å². The molecule has 0 aliphatic heterocycles. The molecule has 0 aliphatic rings. The lowest BCUT2D eigenvalue weighted by Crippen LogP contribution is -2.09. The highest BCUT2D eigenvalue weighted by molar-refractivity contribution is 4.97. The zero-order valence-corrected chi connectivity index (χ0v) is 8.99. The van der Waals surface area contributed by atoms with Crippen molar-refractivity contribution in [3.8, 4) is 0 Å². The van der Waals surface area contributed by atoms with Gasteiger partial charge in [-0.3, -0.25) is 4.68 Å². The minimum Gasteiger partial charge on any atom is -0.372 e. The lowest BCUT2D eigenvalue weighted by Gasteiger charge is -2.08. The molecule has 15 heavy (non-hydrogen) atoms. The zero-order chi connectivity index (χ0) is 11.3. The third-order valence-electron chi connectivity index (χ3n) is 2.11. The lowest BCUT2D eigenvalue weighted by molar-refractivity contribution is 0.0481. The minimum atomic E-state index is -2.37. The summed E-state index contributed by atoms with van der Waals surface area (Å²) in [7, 11) is 0. The molecule has 1 aromatic heterocycles. The van der Waals surface area contributed by atoms with Crippen LogP contribution in [-0.4, -0.2) is 22.3 Å². The summed E-state index contributed by atoms with van der Waals surface area (Å²) in [5.41, 5.74) is 0.691. The summed E-state index contributed by atoms with van der Waals surface area (Å²) in [6, 6.07) is 1.70. The topological polar surface area (TPSA) is 27.1 Å². The Morgan fingerprint density at radius 1 is 1.53 bits per heavy atom. The summed E-state index contributed by atoms with van der Waals surface area (Å²) in [5, 5.41) is 3.97. The molecule has 0 bridgehead atoms. The second-order valence-corrected chi connectivity index (χ2v) is 3.45. The van der Waals surface area contributed by atoms with E-state index in [1.54, 1.807) is 12.3 Å². The van der Waals surface area contributed by atoms with E-state index in [4.69, 9.17) is 4.74 Å². The Labute approximate surface area is 88.0 Å². The van der Waals surface area contributed by atoms with Crippen LogP contribution in [0.15, 0.2) is 12.3 Å². The van der Waals surface area contributed by atoms with Crippen molar-refractivity contribution in [3.63, 3.8) is 0 Å².